The number of nitrogens with zero attached hydrogens (tertiary/aromatic N) is 2. The number of ether oxygens (including phenoxy) is 1. The average molecular weight is 436 g/mol. The first-order chi connectivity index (χ1) is 15.2. The number of pyridine rings is 1. The number of piperidine rings is 1. The topological polar surface area (TPSA) is 50.3 Å². The van der Waals surface area contributed by atoms with Crippen LogP contribution < -0.4 is 10.3 Å². The van der Waals surface area contributed by atoms with Gasteiger partial charge in [0, 0.05) is 54.9 Å². The fourth-order valence-electron chi connectivity index (χ4n) is 5.03. The van der Waals surface area contributed by atoms with Crippen LogP contribution in [0.2, 0.25) is 0 Å². The van der Waals surface area contributed by atoms with E-state index in [0.29, 0.717) is 11.8 Å². The summed E-state index contributed by atoms with van der Waals surface area (Å²) in [6.45, 7) is 14.3. The molecule has 0 unspecified atom stereocenters. The lowest BCUT2D eigenvalue weighted by Gasteiger charge is -2.33. The summed E-state index contributed by atoms with van der Waals surface area (Å²) >= 11 is 0. The van der Waals surface area contributed by atoms with E-state index in [1.807, 2.05) is 26.2 Å². The molecule has 1 fully saturated rings. The highest BCUT2D eigenvalue weighted by Crippen LogP contribution is 2.37. The van der Waals surface area contributed by atoms with Gasteiger partial charge in [-0.3, -0.25) is 4.79 Å². The SMILES string of the molecule is Cc1cc(-c2[nH]c3ccc(OC4CCN(CC(C)C)CC4)cc3c2C(C)C)cn(C)c1=O. The highest BCUT2D eigenvalue weighted by molar-refractivity contribution is 5.92. The van der Waals surface area contributed by atoms with Gasteiger partial charge in [0.2, 0.25) is 0 Å². The standard InChI is InChI=1S/C27H37N3O2/c1-17(2)15-30-11-9-21(10-12-30)32-22-7-8-24-23(14-22)25(18(3)4)26(28-24)20-13-19(5)27(31)29(6)16-20/h7-8,13-14,16-18,21,28H,9-12,15H2,1-6H3. The van der Waals surface area contributed by atoms with Gasteiger partial charge in [-0.2, -0.15) is 0 Å². The van der Waals surface area contributed by atoms with Gasteiger partial charge in [0.25, 0.3) is 5.56 Å². The van der Waals surface area contributed by atoms with Crippen LogP contribution >= 0.6 is 0 Å². The Bertz CT molecular complexity index is 1120. The highest BCUT2D eigenvalue weighted by atomic mass is 16.5. The maximum Gasteiger partial charge on any atom is 0.253 e. The number of hydrogen-bond acceptors (Lipinski definition) is 3. The van der Waals surface area contributed by atoms with Gasteiger partial charge >= 0.3 is 0 Å². The van der Waals surface area contributed by atoms with E-state index in [-0.39, 0.29) is 11.7 Å². The lowest BCUT2D eigenvalue weighted by molar-refractivity contribution is 0.0942. The summed E-state index contributed by atoms with van der Waals surface area (Å²) in [6.07, 6.45) is 4.37. The van der Waals surface area contributed by atoms with Crippen LogP contribution in [-0.2, 0) is 7.05 Å². The van der Waals surface area contributed by atoms with Gasteiger partial charge in [-0.1, -0.05) is 27.7 Å². The van der Waals surface area contributed by atoms with Crippen LogP contribution in [0, 0.1) is 12.8 Å². The van der Waals surface area contributed by atoms with Crippen molar-refractivity contribution in [1.82, 2.24) is 14.5 Å². The summed E-state index contributed by atoms with van der Waals surface area (Å²) in [4.78, 5) is 18.3. The minimum atomic E-state index is 0.0473. The lowest BCUT2D eigenvalue weighted by atomic mass is 9.96. The number of fused-ring (bicyclic) bond motifs is 1. The first kappa shape index (κ1) is 22.7. The fraction of sp³-hybridized carbons (Fsp3) is 0.519. The molecule has 0 aliphatic carbocycles. The summed E-state index contributed by atoms with van der Waals surface area (Å²) in [5.41, 5.74) is 5.32. The molecular formula is C27H37N3O2. The van der Waals surface area contributed by atoms with Gasteiger partial charge < -0.3 is 19.2 Å². The summed E-state index contributed by atoms with van der Waals surface area (Å²) < 4.78 is 8.10. The van der Waals surface area contributed by atoms with Crippen LogP contribution in [-0.4, -0.2) is 40.2 Å². The van der Waals surface area contributed by atoms with Crippen molar-refractivity contribution in [2.24, 2.45) is 13.0 Å². The Kier molecular flexibility index (Phi) is 6.47. The Morgan fingerprint density at radius 3 is 2.47 bits per heavy atom. The number of nitrogens with one attached hydrogen (secondary N) is 1. The normalized spacial score (nSPS) is 15.9. The number of aryl methyl sites for hydroxylation is 2. The van der Waals surface area contributed by atoms with Crippen molar-refractivity contribution in [2.45, 2.75) is 59.5 Å². The van der Waals surface area contributed by atoms with Crippen LogP contribution in [0.15, 0.2) is 35.3 Å². The largest absolute Gasteiger partial charge is 0.490 e. The third-order valence-electron chi connectivity index (χ3n) is 6.50. The second kappa shape index (κ2) is 9.14. The number of benzene rings is 1. The smallest absolute Gasteiger partial charge is 0.253 e. The maximum absolute atomic E-state index is 12.2. The number of aromatic nitrogens is 2. The molecule has 0 radical (unpaired) electrons. The molecule has 32 heavy (non-hydrogen) atoms. The van der Waals surface area contributed by atoms with Gasteiger partial charge in [0.15, 0.2) is 0 Å². The number of hydrogen-bond donors (Lipinski definition) is 1. The van der Waals surface area contributed by atoms with Gasteiger partial charge in [0.1, 0.15) is 11.9 Å². The van der Waals surface area contributed by atoms with Crippen molar-refractivity contribution < 1.29 is 4.74 Å². The molecule has 1 aliphatic rings. The molecule has 3 heterocycles. The van der Waals surface area contributed by atoms with E-state index in [9.17, 15) is 4.79 Å². The predicted molar refractivity (Wildman–Crippen MR) is 133 cm³/mol. The summed E-state index contributed by atoms with van der Waals surface area (Å²) in [6, 6.07) is 8.39. The number of rotatable bonds is 6. The Balaban J connectivity index is 1.62. The Morgan fingerprint density at radius 2 is 1.84 bits per heavy atom. The molecule has 1 aromatic carbocycles. The van der Waals surface area contributed by atoms with E-state index >= 15 is 0 Å². The molecule has 0 bridgehead atoms. The van der Waals surface area contributed by atoms with Gasteiger partial charge in [-0.05, 0) is 61.4 Å². The molecule has 0 amide bonds. The average Bonchev–Trinajstić information content (AvgIpc) is 3.12. The highest BCUT2D eigenvalue weighted by Gasteiger charge is 2.22. The summed E-state index contributed by atoms with van der Waals surface area (Å²) in [5, 5.41) is 1.20. The molecule has 0 atom stereocenters. The first-order valence-corrected chi connectivity index (χ1v) is 11.9. The second-order valence-corrected chi connectivity index (χ2v) is 10.1. The molecule has 3 aromatic rings. The maximum atomic E-state index is 12.2. The third kappa shape index (κ3) is 4.63. The van der Waals surface area contributed by atoms with E-state index in [2.05, 4.69) is 55.8 Å². The van der Waals surface area contributed by atoms with E-state index < -0.39 is 0 Å². The van der Waals surface area contributed by atoms with Gasteiger partial charge in [-0.25, -0.2) is 0 Å². The lowest BCUT2D eigenvalue weighted by Crippen LogP contribution is -2.39. The molecule has 1 N–H and O–H groups in total. The molecule has 5 heteroatoms. The van der Waals surface area contributed by atoms with Crippen molar-refractivity contribution in [3.05, 3.63) is 51.9 Å². The predicted octanol–water partition coefficient (Wildman–Crippen LogP) is 5.46. The van der Waals surface area contributed by atoms with Crippen LogP contribution in [0.25, 0.3) is 22.2 Å². The Morgan fingerprint density at radius 1 is 1.12 bits per heavy atom. The first-order valence-electron chi connectivity index (χ1n) is 11.9. The fourth-order valence-corrected chi connectivity index (χ4v) is 5.03. The summed E-state index contributed by atoms with van der Waals surface area (Å²) in [5.74, 6) is 2.00. The summed E-state index contributed by atoms with van der Waals surface area (Å²) in [7, 11) is 1.81. The second-order valence-electron chi connectivity index (χ2n) is 10.1. The van der Waals surface area contributed by atoms with Crippen LogP contribution in [0.5, 0.6) is 5.75 Å². The molecule has 1 saturated heterocycles. The van der Waals surface area contributed by atoms with Gasteiger partial charge in [0.05, 0.1) is 5.69 Å². The van der Waals surface area contributed by atoms with Crippen LogP contribution in [0.3, 0.4) is 0 Å². The van der Waals surface area contributed by atoms with E-state index in [0.717, 1.165) is 54.0 Å². The molecule has 1 aliphatic heterocycles. The van der Waals surface area contributed by atoms with Crippen molar-refractivity contribution in [1.29, 1.82) is 0 Å². The third-order valence-corrected chi connectivity index (χ3v) is 6.50. The monoisotopic (exact) mass is 435 g/mol. The van der Waals surface area contributed by atoms with Crippen molar-refractivity contribution in [3.63, 3.8) is 0 Å². The zero-order chi connectivity index (χ0) is 23.0. The number of H-pyrrole nitrogens is 1. The van der Waals surface area contributed by atoms with E-state index in [4.69, 9.17) is 4.74 Å². The van der Waals surface area contributed by atoms with Gasteiger partial charge in [-0.15, -0.1) is 0 Å². The Labute approximate surface area is 191 Å². The molecule has 172 valence electrons. The molecule has 4 rings (SSSR count). The minimum absolute atomic E-state index is 0.0473. The van der Waals surface area contributed by atoms with Crippen molar-refractivity contribution in [2.75, 3.05) is 19.6 Å². The zero-order valence-electron chi connectivity index (χ0n) is 20.4. The zero-order valence-corrected chi connectivity index (χ0v) is 20.4. The van der Waals surface area contributed by atoms with Crippen LogP contribution in [0.1, 0.15) is 57.6 Å². The molecule has 2 aromatic heterocycles. The van der Waals surface area contributed by atoms with E-state index in [1.165, 1.54) is 17.5 Å². The minimum Gasteiger partial charge on any atom is -0.490 e. The quantitative estimate of drug-likeness (QED) is 0.559. The van der Waals surface area contributed by atoms with Crippen molar-refractivity contribution >= 4 is 10.9 Å². The number of aromatic amines is 1. The molecule has 5 nitrogen and oxygen atoms in total. The van der Waals surface area contributed by atoms with Crippen molar-refractivity contribution in [3.8, 4) is 17.0 Å². The molecule has 0 saturated carbocycles. The molecule has 0 spiro atoms. The van der Waals surface area contributed by atoms with Crippen LogP contribution in [0.4, 0.5) is 0 Å². The number of likely N-dealkylation sites (tertiary alicyclic amines) is 1. The Hall–Kier alpha value is -2.53. The van der Waals surface area contributed by atoms with E-state index in [1.54, 1.807) is 4.57 Å². The molecular weight excluding hydrogens is 398 g/mol.